The van der Waals surface area contributed by atoms with Crippen LogP contribution in [0.15, 0.2) is 12.3 Å². The van der Waals surface area contributed by atoms with Gasteiger partial charge >= 0.3 is 0 Å². The first-order valence-electron chi connectivity index (χ1n) is 5.66. The Kier molecular flexibility index (Phi) is 4.17. The molecule has 1 amide bonds. The van der Waals surface area contributed by atoms with Crippen LogP contribution in [0.5, 0.6) is 0 Å². The van der Waals surface area contributed by atoms with Crippen LogP contribution in [0.3, 0.4) is 0 Å². The summed E-state index contributed by atoms with van der Waals surface area (Å²) in [6, 6.07) is 1.68. The van der Waals surface area contributed by atoms with Crippen molar-refractivity contribution >= 4 is 11.6 Å². The highest BCUT2D eigenvalue weighted by atomic mass is 16.5. The Morgan fingerprint density at radius 1 is 1.59 bits per heavy atom. The lowest BCUT2D eigenvalue weighted by molar-refractivity contribution is 0.0811. The van der Waals surface area contributed by atoms with Crippen molar-refractivity contribution in [1.29, 1.82) is 0 Å². The SMILES string of the molecule is CCn1cc(N)cc1C(=O)NC(C)(C)COC. The van der Waals surface area contributed by atoms with Gasteiger partial charge < -0.3 is 20.4 Å². The largest absolute Gasteiger partial charge is 0.397 e. The predicted octanol–water partition coefficient (Wildman–Crippen LogP) is 1.24. The Bertz CT molecular complexity index is 396. The van der Waals surface area contributed by atoms with Crippen LogP contribution in [0.25, 0.3) is 0 Å². The highest BCUT2D eigenvalue weighted by Gasteiger charge is 2.22. The normalized spacial score (nSPS) is 11.5. The molecule has 1 rings (SSSR count). The summed E-state index contributed by atoms with van der Waals surface area (Å²) in [5, 5.41) is 2.92. The first-order valence-corrected chi connectivity index (χ1v) is 5.66. The number of carbonyl (C=O) groups excluding carboxylic acids is 1. The number of carbonyl (C=O) groups is 1. The molecule has 17 heavy (non-hydrogen) atoms. The second-order valence-corrected chi connectivity index (χ2v) is 4.72. The molecule has 0 saturated heterocycles. The Labute approximate surface area is 102 Å². The summed E-state index contributed by atoms with van der Waals surface area (Å²) in [5.41, 5.74) is 6.47. The van der Waals surface area contributed by atoms with Crippen molar-refractivity contribution in [3.05, 3.63) is 18.0 Å². The van der Waals surface area contributed by atoms with E-state index in [1.807, 2.05) is 25.3 Å². The third kappa shape index (κ3) is 3.49. The molecule has 0 saturated carbocycles. The van der Waals surface area contributed by atoms with Crippen molar-refractivity contribution in [1.82, 2.24) is 9.88 Å². The number of hydrogen-bond acceptors (Lipinski definition) is 3. The summed E-state index contributed by atoms with van der Waals surface area (Å²) in [6.07, 6.45) is 1.76. The van der Waals surface area contributed by atoms with Crippen molar-refractivity contribution in [2.45, 2.75) is 32.9 Å². The van der Waals surface area contributed by atoms with Crippen LogP contribution in [0.1, 0.15) is 31.3 Å². The van der Waals surface area contributed by atoms with Crippen molar-refractivity contribution in [2.24, 2.45) is 0 Å². The van der Waals surface area contributed by atoms with E-state index < -0.39 is 5.54 Å². The molecule has 0 aromatic carbocycles. The van der Waals surface area contributed by atoms with Crippen LogP contribution < -0.4 is 11.1 Å². The molecule has 1 heterocycles. The Balaban J connectivity index is 2.82. The van der Waals surface area contributed by atoms with Gasteiger partial charge in [0.1, 0.15) is 5.69 Å². The standard InChI is InChI=1S/C12H21N3O2/c1-5-15-7-9(13)6-10(15)11(16)14-12(2,3)8-17-4/h6-7H,5,8,13H2,1-4H3,(H,14,16). The molecular formula is C12H21N3O2. The first-order chi connectivity index (χ1) is 7.89. The van der Waals surface area contributed by atoms with Gasteiger partial charge in [-0.1, -0.05) is 0 Å². The number of aromatic nitrogens is 1. The van der Waals surface area contributed by atoms with Gasteiger partial charge in [0.15, 0.2) is 0 Å². The quantitative estimate of drug-likeness (QED) is 0.812. The van der Waals surface area contributed by atoms with Gasteiger partial charge in [-0.15, -0.1) is 0 Å². The molecule has 5 heteroatoms. The van der Waals surface area contributed by atoms with E-state index in [-0.39, 0.29) is 5.91 Å². The molecule has 1 aromatic rings. The van der Waals surface area contributed by atoms with Crippen molar-refractivity contribution in [2.75, 3.05) is 19.5 Å². The van der Waals surface area contributed by atoms with E-state index in [9.17, 15) is 4.79 Å². The maximum Gasteiger partial charge on any atom is 0.268 e. The summed E-state index contributed by atoms with van der Waals surface area (Å²) >= 11 is 0. The average Bonchev–Trinajstić information content (AvgIpc) is 2.58. The molecule has 0 aliphatic rings. The van der Waals surface area contributed by atoms with E-state index in [1.165, 1.54) is 0 Å². The third-order valence-electron chi connectivity index (χ3n) is 2.45. The second kappa shape index (κ2) is 5.23. The zero-order valence-electron chi connectivity index (χ0n) is 10.9. The highest BCUT2D eigenvalue weighted by molar-refractivity contribution is 5.94. The van der Waals surface area contributed by atoms with Gasteiger partial charge in [-0.3, -0.25) is 4.79 Å². The number of nitrogens with two attached hydrogens (primary N) is 1. The number of nitrogens with one attached hydrogen (secondary N) is 1. The number of hydrogen-bond donors (Lipinski definition) is 2. The van der Waals surface area contributed by atoms with Gasteiger partial charge in [-0.2, -0.15) is 0 Å². The monoisotopic (exact) mass is 239 g/mol. The number of nitrogens with zero attached hydrogens (tertiary/aromatic N) is 1. The molecule has 0 spiro atoms. The Hall–Kier alpha value is -1.49. The maximum atomic E-state index is 12.1. The number of ether oxygens (including phenoxy) is 1. The Morgan fingerprint density at radius 3 is 2.76 bits per heavy atom. The van der Waals surface area contributed by atoms with E-state index in [0.29, 0.717) is 24.5 Å². The molecule has 3 N–H and O–H groups in total. The minimum atomic E-state index is -0.399. The van der Waals surface area contributed by atoms with E-state index >= 15 is 0 Å². The van der Waals surface area contributed by atoms with Crippen molar-refractivity contribution < 1.29 is 9.53 Å². The number of nitrogen functional groups attached to an aromatic ring is 1. The summed E-state index contributed by atoms with van der Waals surface area (Å²) in [7, 11) is 1.61. The lowest BCUT2D eigenvalue weighted by Crippen LogP contribution is -2.47. The summed E-state index contributed by atoms with van der Waals surface area (Å²) in [4.78, 5) is 12.1. The van der Waals surface area contributed by atoms with Gasteiger partial charge in [-0.25, -0.2) is 0 Å². The fourth-order valence-corrected chi connectivity index (χ4v) is 1.75. The number of amides is 1. The lowest BCUT2D eigenvalue weighted by atomic mass is 10.1. The van der Waals surface area contributed by atoms with E-state index in [1.54, 1.807) is 19.4 Å². The number of methoxy groups -OCH3 is 1. The zero-order valence-corrected chi connectivity index (χ0v) is 10.9. The zero-order chi connectivity index (χ0) is 13.1. The molecule has 0 atom stereocenters. The van der Waals surface area contributed by atoms with Gasteiger partial charge in [0.05, 0.1) is 17.8 Å². The fraction of sp³-hybridized carbons (Fsp3) is 0.583. The smallest absolute Gasteiger partial charge is 0.268 e. The molecule has 0 fully saturated rings. The molecular weight excluding hydrogens is 218 g/mol. The van der Waals surface area contributed by atoms with E-state index in [0.717, 1.165) is 0 Å². The Morgan fingerprint density at radius 2 is 2.24 bits per heavy atom. The average molecular weight is 239 g/mol. The number of anilines is 1. The summed E-state index contributed by atoms with van der Waals surface area (Å²) in [6.45, 7) is 6.97. The highest BCUT2D eigenvalue weighted by Crippen LogP contribution is 2.12. The maximum absolute atomic E-state index is 12.1. The summed E-state index contributed by atoms with van der Waals surface area (Å²) < 4.78 is 6.89. The van der Waals surface area contributed by atoms with Crippen LogP contribution in [0.2, 0.25) is 0 Å². The van der Waals surface area contributed by atoms with Crippen molar-refractivity contribution in [3.63, 3.8) is 0 Å². The van der Waals surface area contributed by atoms with Crippen LogP contribution >= 0.6 is 0 Å². The molecule has 0 unspecified atom stereocenters. The number of aryl methyl sites for hydroxylation is 1. The van der Waals surface area contributed by atoms with Gasteiger partial charge in [-0.05, 0) is 26.8 Å². The van der Waals surface area contributed by atoms with Gasteiger partial charge in [0.25, 0.3) is 5.91 Å². The molecule has 96 valence electrons. The van der Waals surface area contributed by atoms with Gasteiger partial charge in [0.2, 0.25) is 0 Å². The number of rotatable bonds is 5. The van der Waals surface area contributed by atoms with Crippen LogP contribution in [-0.4, -0.2) is 29.7 Å². The van der Waals surface area contributed by atoms with E-state index in [2.05, 4.69) is 5.32 Å². The lowest BCUT2D eigenvalue weighted by Gasteiger charge is -2.25. The van der Waals surface area contributed by atoms with E-state index in [4.69, 9.17) is 10.5 Å². The molecule has 0 radical (unpaired) electrons. The molecule has 0 bridgehead atoms. The second-order valence-electron chi connectivity index (χ2n) is 4.72. The summed E-state index contributed by atoms with van der Waals surface area (Å²) in [5.74, 6) is -0.134. The van der Waals surface area contributed by atoms with Crippen molar-refractivity contribution in [3.8, 4) is 0 Å². The fourth-order valence-electron chi connectivity index (χ4n) is 1.75. The van der Waals surface area contributed by atoms with Gasteiger partial charge in [0, 0.05) is 19.9 Å². The van der Waals surface area contributed by atoms with Crippen LogP contribution in [0, 0.1) is 0 Å². The predicted molar refractivity (Wildman–Crippen MR) is 67.9 cm³/mol. The third-order valence-corrected chi connectivity index (χ3v) is 2.45. The van der Waals surface area contributed by atoms with Crippen LogP contribution in [0.4, 0.5) is 5.69 Å². The topological polar surface area (TPSA) is 69.3 Å². The first kappa shape index (κ1) is 13.6. The minimum Gasteiger partial charge on any atom is -0.397 e. The molecule has 1 aromatic heterocycles. The van der Waals surface area contributed by atoms with Crippen LogP contribution in [-0.2, 0) is 11.3 Å². The minimum absolute atomic E-state index is 0.134. The molecule has 0 aliphatic heterocycles. The molecule has 5 nitrogen and oxygen atoms in total. The molecule has 0 aliphatic carbocycles.